The van der Waals surface area contributed by atoms with Crippen LogP contribution in [0, 0.1) is 11.3 Å². The number of nitriles is 1. The molecule has 2 unspecified atom stereocenters. The fraction of sp³-hybridized carbons (Fsp3) is 0.909. The van der Waals surface area contributed by atoms with Gasteiger partial charge in [0.1, 0.15) is 0 Å². The maximum atomic E-state index is 8.74. The summed E-state index contributed by atoms with van der Waals surface area (Å²) in [6, 6.07) is 2.80. The molecule has 1 aliphatic rings. The molecule has 0 aliphatic carbocycles. The molecule has 0 aromatic heterocycles. The van der Waals surface area contributed by atoms with Crippen molar-refractivity contribution in [2.75, 3.05) is 18.8 Å². The van der Waals surface area contributed by atoms with Crippen LogP contribution in [0.2, 0.25) is 0 Å². The minimum atomic E-state index is 0.495. The fourth-order valence-corrected chi connectivity index (χ4v) is 3.16. The van der Waals surface area contributed by atoms with Crippen LogP contribution in [-0.2, 0) is 0 Å². The molecular weight excluding hydrogens is 192 g/mol. The first-order chi connectivity index (χ1) is 6.81. The Bertz CT molecular complexity index is 200. The van der Waals surface area contributed by atoms with E-state index in [1.54, 1.807) is 0 Å². The van der Waals surface area contributed by atoms with Crippen LogP contribution >= 0.6 is 11.8 Å². The first-order valence-corrected chi connectivity index (χ1v) is 6.59. The van der Waals surface area contributed by atoms with E-state index in [4.69, 9.17) is 5.26 Å². The molecule has 0 saturated carbocycles. The van der Waals surface area contributed by atoms with Crippen LogP contribution in [0.4, 0.5) is 0 Å². The van der Waals surface area contributed by atoms with Gasteiger partial charge in [-0.25, -0.2) is 0 Å². The Hall–Kier alpha value is -0.200. The van der Waals surface area contributed by atoms with Crippen LogP contribution in [0.15, 0.2) is 0 Å². The molecule has 1 saturated heterocycles. The van der Waals surface area contributed by atoms with Crippen molar-refractivity contribution in [2.45, 2.75) is 44.4 Å². The normalized spacial score (nSPS) is 25.6. The maximum Gasteiger partial charge on any atom is 0.0638 e. The van der Waals surface area contributed by atoms with Crippen molar-refractivity contribution in [3.63, 3.8) is 0 Å². The Morgan fingerprint density at radius 2 is 2.36 bits per heavy atom. The fourth-order valence-electron chi connectivity index (χ4n) is 1.96. The summed E-state index contributed by atoms with van der Waals surface area (Å²) < 4.78 is 0. The van der Waals surface area contributed by atoms with Crippen molar-refractivity contribution in [3.8, 4) is 6.07 Å². The van der Waals surface area contributed by atoms with E-state index >= 15 is 0 Å². The lowest BCUT2D eigenvalue weighted by atomic mass is 10.1. The average molecular weight is 212 g/mol. The van der Waals surface area contributed by atoms with E-state index in [2.05, 4.69) is 36.6 Å². The number of thioether (sulfide) groups is 1. The summed E-state index contributed by atoms with van der Waals surface area (Å²) >= 11 is 2.09. The molecule has 2 nitrogen and oxygen atoms in total. The minimum Gasteiger partial charge on any atom is -0.297 e. The Balaban J connectivity index is 2.45. The van der Waals surface area contributed by atoms with E-state index in [1.807, 2.05) is 0 Å². The van der Waals surface area contributed by atoms with Crippen LogP contribution in [0.1, 0.15) is 33.1 Å². The Morgan fingerprint density at radius 3 is 2.93 bits per heavy atom. The summed E-state index contributed by atoms with van der Waals surface area (Å²) in [4.78, 5) is 2.51. The van der Waals surface area contributed by atoms with E-state index < -0.39 is 0 Å². The first kappa shape index (κ1) is 11.9. The lowest BCUT2D eigenvalue weighted by Gasteiger charge is -2.36. The van der Waals surface area contributed by atoms with Crippen LogP contribution < -0.4 is 0 Å². The van der Waals surface area contributed by atoms with Crippen molar-refractivity contribution >= 4 is 11.8 Å². The SMILES string of the molecule is CCC1CN(C(CC)CC#N)CCS1. The van der Waals surface area contributed by atoms with Crippen molar-refractivity contribution in [1.82, 2.24) is 4.90 Å². The molecule has 14 heavy (non-hydrogen) atoms. The Labute approximate surface area is 91.7 Å². The smallest absolute Gasteiger partial charge is 0.0638 e. The first-order valence-electron chi connectivity index (χ1n) is 5.54. The number of hydrogen-bond acceptors (Lipinski definition) is 3. The zero-order valence-electron chi connectivity index (χ0n) is 9.20. The van der Waals surface area contributed by atoms with E-state index in [1.165, 1.54) is 25.3 Å². The summed E-state index contributed by atoms with van der Waals surface area (Å²) in [7, 11) is 0. The second-order valence-corrected chi connectivity index (χ2v) is 5.23. The topological polar surface area (TPSA) is 27.0 Å². The molecule has 1 aliphatic heterocycles. The van der Waals surface area contributed by atoms with Gasteiger partial charge >= 0.3 is 0 Å². The largest absolute Gasteiger partial charge is 0.297 e. The number of rotatable bonds is 4. The van der Waals surface area contributed by atoms with Crippen LogP contribution in [-0.4, -0.2) is 35.0 Å². The van der Waals surface area contributed by atoms with Gasteiger partial charge in [-0.05, 0) is 12.8 Å². The molecule has 0 spiro atoms. The maximum absolute atomic E-state index is 8.74. The predicted octanol–water partition coefficient (Wildman–Crippen LogP) is 2.51. The predicted molar refractivity (Wildman–Crippen MR) is 62.4 cm³/mol. The molecular formula is C11H20N2S. The highest BCUT2D eigenvalue weighted by molar-refractivity contribution is 8.00. The molecule has 0 bridgehead atoms. The molecule has 1 rings (SSSR count). The summed E-state index contributed by atoms with van der Waals surface area (Å²) in [5.74, 6) is 1.24. The molecule has 1 fully saturated rings. The highest BCUT2D eigenvalue weighted by Crippen LogP contribution is 2.24. The highest BCUT2D eigenvalue weighted by atomic mass is 32.2. The second-order valence-electron chi connectivity index (χ2n) is 3.82. The Kier molecular flexibility index (Phi) is 5.36. The molecule has 80 valence electrons. The van der Waals surface area contributed by atoms with Gasteiger partial charge in [-0.15, -0.1) is 0 Å². The molecule has 1 heterocycles. The number of nitrogens with zero attached hydrogens (tertiary/aromatic N) is 2. The lowest BCUT2D eigenvalue weighted by molar-refractivity contribution is 0.198. The van der Waals surface area contributed by atoms with Gasteiger partial charge in [0.15, 0.2) is 0 Å². The van der Waals surface area contributed by atoms with Gasteiger partial charge < -0.3 is 0 Å². The third-order valence-corrected chi connectivity index (χ3v) is 4.31. The van der Waals surface area contributed by atoms with Gasteiger partial charge in [0.25, 0.3) is 0 Å². The van der Waals surface area contributed by atoms with Gasteiger partial charge in [-0.3, -0.25) is 4.90 Å². The molecule has 0 aromatic carbocycles. The molecule has 0 aromatic rings. The molecule has 3 heteroatoms. The van der Waals surface area contributed by atoms with Gasteiger partial charge in [0.05, 0.1) is 12.5 Å². The van der Waals surface area contributed by atoms with Crippen molar-refractivity contribution in [2.24, 2.45) is 0 Å². The molecule has 0 radical (unpaired) electrons. The monoisotopic (exact) mass is 212 g/mol. The summed E-state index contributed by atoms with van der Waals surface area (Å²) in [6.07, 6.45) is 3.05. The van der Waals surface area contributed by atoms with Crippen molar-refractivity contribution in [1.29, 1.82) is 5.26 Å². The van der Waals surface area contributed by atoms with Crippen LogP contribution in [0.5, 0.6) is 0 Å². The summed E-state index contributed by atoms with van der Waals surface area (Å²) in [5, 5.41) is 9.53. The standard InChI is InChI=1S/C11H20N2S/c1-3-10(5-6-12)13-7-8-14-11(4-2)9-13/h10-11H,3-5,7-9H2,1-2H3. The second kappa shape index (κ2) is 6.31. The van der Waals surface area contributed by atoms with Crippen LogP contribution in [0.25, 0.3) is 0 Å². The lowest BCUT2D eigenvalue weighted by Crippen LogP contribution is -2.44. The quantitative estimate of drug-likeness (QED) is 0.716. The van der Waals surface area contributed by atoms with Crippen molar-refractivity contribution in [3.05, 3.63) is 0 Å². The van der Waals surface area contributed by atoms with Crippen LogP contribution in [0.3, 0.4) is 0 Å². The van der Waals surface area contributed by atoms with E-state index in [0.29, 0.717) is 12.5 Å². The highest BCUT2D eigenvalue weighted by Gasteiger charge is 2.23. The van der Waals surface area contributed by atoms with Gasteiger partial charge in [-0.2, -0.15) is 17.0 Å². The zero-order chi connectivity index (χ0) is 10.4. The zero-order valence-corrected chi connectivity index (χ0v) is 10.0. The van der Waals surface area contributed by atoms with E-state index in [9.17, 15) is 0 Å². The third kappa shape index (κ3) is 3.18. The summed E-state index contributed by atoms with van der Waals surface area (Å²) in [6.45, 7) is 6.79. The molecule has 0 amide bonds. The van der Waals surface area contributed by atoms with Gasteiger partial charge in [0, 0.05) is 30.1 Å². The average Bonchev–Trinajstić information content (AvgIpc) is 2.26. The third-order valence-electron chi connectivity index (χ3n) is 2.94. The van der Waals surface area contributed by atoms with E-state index in [0.717, 1.165) is 11.7 Å². The van der Waals surface area contributed by atoms with Crippen molar-refractivity contribution < 1.29 is 0 Å². The van der Waals surface area contributed by atoms with Gasteiger partial charge in [-0.1, -0.05) is 13.8 Å². The molecule has 0 N–H and O–H groups in total. The summed E-state index contributed by atoms with van der Waals surface area (Å²) in [5.41, 5.74) is 0. The number of hydrogen-bond donors (Lipinski definition) is 0. The minimum absolute atomic E-state index is 0.495. The Morgan fingerprint density at radius 1 is 1.57 bits per heavy atom. The van der Waals surface area contributed by atoms with E-state index in [-0.39, 0.29) is 0 Å². The molecule has 2 atom stereocenters. The van der Waals surface area contributed by atoms with Gasteiger partial charge in [0.2, 0.25) is 0 Å².